The van der Waals surface area contributed by atoms with Crippen LogP contribution in [0.2, 0.25) is 0 Å². The van der Waals surface area contributed by atoms with E-state index in [0.29, 0.717) is 5.56 Å². The summed E-state index contributed by atoms with van der Waals surface area (Å²) in [6, 6.07) is 15.4. The summed E-state index contributed by atoms with van der Waals surface area (Å²) >= 11 is 0. The van der Waals surface area contributed by atoms with Gasteiger partial charge in [-0.05, 0) is 24.1 Å². The van der Waals surface area contributed by atoms with Gasteiger partial charge in [-0.1, -0.05) is 62.4 Å². The fraction of sp³-hybridized carbons (Fsp3) is 0.364. The van der Waals surface area contributed by atoms with Crippen molar-refractivity contribution in [2.24, 2.45) is 11.7 Å². The fourth-order valence-electron chi connectivity index (χ4n) is 3.74. The standard InChI is InChI=1S/C22H26N2O5S/c1-16(2)20(25)24-14-13-19(23)22(24,30(27,28)18-11-7-4-8-12-18)21(26)29-15-17-9-5-3-6-10-17/h3-12,16,19H,13-15,23H2,1-2H3/t19?,22-/m1/s1. The molecule has 1 aliphatic heterocycles. The van der Waals surface area contributed by atoms with E-state index >= 15 is 0 Å². The highest BCUT2D eigenvalue weighted by Gasteiger charge is 2.65. The molecule has 1 saturated heterocycles. The van der Waals surface area contributed by atoms with Crippen LogP contribution in [0.3, 0.4) is 0 Å². The molecule has 0 aliphatic carbocycles. The molecule has 2 atom stereocenters. The number of sulfone groups is 1. The first-order valence-electron chi connectivity index (χ1n) is 9.80. The normalized spacial score (nSPS) is 21.6. The molecule has 30 heavy (non-hydrogen) atoms. The highest BCUT2D eigenvalue weighted by Crippen LogP contribution is 2.40. The highest BCUT2D eigenvalue weighted by atomic mass is 32.2. The molecular formula is C22H26N2O5S. The van der Waals surface area contributed by atoms with Crippen LogP contribution >= 0.6 is 0 Å². The number of carbonyl (C=O) groups excluding carboxylic acids is 2. The third-order valence-electron chi connectivity index (χ3n) is 5.30. The predicted octanol–water partition coefficient (Wildman–Crippen LogP) is 2.12. The first kappa shape index (κ1) is 22.0. The minimum Gasteiger partial charge on any atom is -0.458 e. The summed E-state index contributed by atoms with van der Waals surface area (Å²) in [4.78, 5) is 25.1. The Labute approximate surface area is 176 Å². The summed E-state index contributed by atoms with van der Waals surface area (Å²) in [5.74, 6) is -2.00. The SMILES string of the molecule is CC(C)C(=O)N1CCC(N)[C@]1(C(=O)OCc1ccccc1)S(=O)(=O)c1ccccc1. The minimum atomic E-state index is -4.38. The molecule has 2 aromatic rings. The number of hydrogen-bond donors (Lipinski definition) is 1. The largest absolute Gasteiger partial charge is 0.458 e. The molecule has 2 N–H and O–H groups in total. The van der Waals surface area contributed by atoms with Crippen LogP contribution in [0.25, 0.3) is 0 Å². The van der Waals surface area contributed by atoms with E-state index in [2.05, 4.69) is 0 Å². The number of amides is 1. The van der Waals surface area contributed by atoms with Gasteiger partial charge >= 0.3 is 5.97 Å². The van der Waals surface area contributed by atoms with Gasteiger partial charge in [-0.25, -0.2) is 13.2 Å². The molecule has 1 unspecified atom stereocenters. The lowest BCUT2D eigenvalue weighted by molar-refractivity contribution is -0.158. The van der Waals surface area contributed by atoms with Crippen LogP contribution in [-0.2, 0) is 30.8 Å². The van der Waals surface area contributed by atoms with E-state index in [1.807, 2.05) is 6.07 Å². The first-order chi connectivity index (χ1) is 14.2. The molecule has 1 amide bonds. The van der Waals surface area contributed by atoms with Crippen LogP contribution in [0.15, 0.2) is 65.6 Å². The van der Waals surface area contributed by atoms with Crippen molar-refractivity contribution in [3.05, 3.63) is 66.2 Å². The third-order valence-corrected chi connectivity index (χ3v) is 7.70. The van der Waals surface area contributed by atoms with Gasteiger partial charge in [0.25, 0.3) is 4.87 Å². The maximum Gasteiger partial charge on any atom is 0.350 e. The number of carbonyl (C=O) groups is 2. The van der Waals surface area contributed by atoms with Crippen molar-refractivity contribution in [2.75, 3.05) is 6.54 Å². The van der Waals surface area contributed by atoms with E-state index in [-0.39, 0.29) is 24.5 Å². The lowest BCUT2D eigenvalue weighted by atomic mass is 10.1. The van der Waals surface area contributed by atoms with Crippen molar-refractivity contribution in [1.29, 1.82) is 0 Å². The second-order valence-electron chi connectivity index (χ2n) is 7.61. The molecule has 0 radical (unpaired) electrons. The Balaban J connectivity index is 2.11. The highest BCUT2D eigenvalue weighted by molar-refractivity contribution is 7.93. The van der Waals surface area contributed by atoms with Gasteiger partial charge in [0.1, 0.15) is 6.61 Å². The summed E-state index contributed by atoms with van der Waals surface area (Å²) in [6.07, 6.45) is 0.172. The van der Waals surface area contributed by atoms with Crippen molar-refractivity contribution in [1.82, 2.24) is 4.90 Å². The van der Waals surface area contributed by atoms with Gasteiger partial charge in [0.05, 0.1) is 10.9 Å². The van der Waals surface area contributed by atoms with Gasteiger partial charge in [0.15, 0.2) is 0 Å². The number of benzene rings is 2. The molecule has 0 bridgehead atoms. The summed E-state index contributed by atoms with van der Waals surface area (Å²) in [5.41, 5.74) is 6.96. The zero-order valence-electron chi connectivity index (χ0n) is 17.0. The Morgan fingerprint density at radius 3 is 2.23 bits per heavy atom. The number of nitrogens with two attached hydrogens (primary N) is 1. The number of ether oxygens (including phenoxy) is 1. The van der Waals surface area contributed by atoms with E-state index < -0.39 is 38.5 Å². The summed E-state index contributed by atoms with van der Waals surface area (Å²) < 4.78 is 33.0. The zero-order chi connectivity index (χ0) is 21.9. The minimum absolute atomic E-state index is 0.0602. The molecule has 7 nitrogen and oxygen atoms in total. The zero-order valence-corrected chi connectivity index (χ0v) is 17.8. The number of rotatable bonds is 6. The second kappa shape index (κ2) is 8.57. The monoisotopic (exact) mass is 430 g/mol. The van der Waals surface area contributed by atoms with E-state index in [4.69, 9.17) is 10.5 Å². The van der Waals surface area contributed by atoms with E-state index in [9.17, 15) is 18.0 Å². The van der Waals surface area contributed by atoms with Crippen molar-refractivity contribution >= 4 is 21.7 Å². The van der Waals surface area contributed by atoms with Crippen LogP contribution in [-0.4, -0.2) is 42.7 Å². The van der Waals surface area contributed by atoms with E-state index in [1.54, 1.807) is 56.3 Å². The van der Waals surface area contributed by atoms with Gasteiger partial charge in [-0.15, -0.1) is 0 Å². The van der Waals surface area contributed by atoms with E-state index in [0.717, 1.165) is 4.90 Å². The van der Waals surface area contributed by atoms with Gasteiger partial charge in [0, 0.05) is 12.5 Å². The van der Waals surface area contributed by atoms with Gasteiger partial charge < -0.3 is 15.4 Å². The van der Waals surface area contributed by atoms with Gasteiger partial charge in [0.2, 0.25) is 15.7 Å². The first-order valence-corrected chi connectivity index (χ1v) is 11.3. The average molecular weight is 431 g/mol. The molecule has 160 valence electrons. The lowest BCUT2D eigenvalue weighted by Crippen LogP contribution is -2.66. The molecule has 1 aliphatic rings. The third kappa shape index (κ3) is 3.61. The number of esters is 1. The lowest BCUT2D eigenvalue weighted by Gasteiger charge is -2.38. The maximum absolute atomic E-state index is 13.8. The molecule has 0 aromatic heterocycles. The van der Waals surface area contributed by atoms with Crippen LogP contribution < -0.4 is 5.73 Å². The van der Waals surface area contributed by atoms with Crippen molar-refractivity contribution in [3.63, 3.8) is 0 Å². The smallest absolute Gasteiger partial charge is 0.350 e. The molecule has 2 aromatic carbocycles. The number of nitrogens with zero attached hydrogens (tertiary/aromatic N) is 1. The Morgan fingerprint density at radius 1 is 1.10 bits per heavy atom. The van der Waals surface area contributed by atoms with Crippen LogP contribution in [0, 0.1) is 5.92 Å². The predicted molar refractivity (Wildman–Crippen MR) is 112 cm³/mol. The van der Waals surface area contributed by atoms with E-state index in [1.165, 1.54) is 12.1 Å². The number of hydrogen-bond acceptors (Lipinski definition) is 6. The van der Waals surface area contributed by atoms with Crippen LogP contribution in [0.4, 0.5) is 0 Å². The van der Waals surface area contributed by atoms with Crippen molar-refractivity contribution in [2.45, 2.75) is 42.7 Å². The summed E-state index contributed by atoms with van der Waals surface area (Å²) in [6.45, 7) is 3.25. The Kier molecular flexibility index (Phi) is 6.28. The molecule has 0 saturated carbocycles. The molecule has 1 heterocycles. The molecule has 3 rings (SSSR count). The molecule has 1 fully saturated rings. The Hall–Kier alpha value is -2.71. The topological polar surface area (TPSA) is 107 Å². The van der Waals surface area contributed by atoms with Crippen LogP contribution in [0.5, 0.6) is 0 Å². The van der Waals surface area contributed by atoms with Crippen LogP contribution in [0.1, 0.15) is 25.8 Å². The quantitative estimate of drug-likeness (QED) is 0.704. The number of likely N-dealkylation sites (tertiary alicyclic amines) is 1. The molecule has 0 spiro atoms. The molecular weight excluding hydrogens is 404 g/mol. The fourth-order valence-corrected chi connectivity index (χ4v) is 5.88. The van der Waals surface area contributed by atoms with Gasteiger partial charge in [-0.3, -0.25) is 4.79 Å². The van der Waals surface area contributed by atoms with Crippen molar-refractivity contribution in [3.8, 4) is 0 Å². The summed E-state index contributed by atoms with van der Waals surface area (Å²) in [5, 5.41) is 0. The molecule has 8 heteroatoms. The maximum atomic E-state index is 13.8. The van der Waals surface area contributed by atoms with Gasteiger partial charge in [-0.2, -0.15) is 0 Å². The summed E-state index contributed by atoms with van der Waals surface area (Å²) in [7, 11) is -4.38. The Bertz CT molecular complexity index is 1010. The average Bonchev–Trinajstić information content (AvgIpc) is 3.11. The Morgan fingerprint density at radius 2 is 1.67 bits per heavy atom. The van der Waals surface area contributed by atoms with Crippen molar-refractivity contribution < 1.29 is 22.7 Å². The second-order valence-corrected chi connectivity index (χ2v) is 9.72.